The summed E-state index contributed by atoms with van der Waals surface area (Å²) < 4.78 is 12.7. The zero-order valence-corrected chi connectivity index (χ0v) is 16.0. The number of Topliss-reactive ketones (excluding diaryl/α,β-unsaturated/α-hetero) is 1. The lowest BCUT2D eigenvalue weighted by molar-refractivity contribution is -0.212. The van der Waals surface area contributed by atoms with Crippen LogP contribution in [0.4, 0.5) is 0 Å². The number of piperidine rings is 1. The molecule has 4 bridgehead atoms. The van der Waals surface area contributed by atoms with E-state index in [-0.39, 0.29) is 34.4 Å². The molecule has 6 atom stereocenters. The summed E-state index contributed by atoms with van der Waals surface area (Å²) in [4.78, 5) is 15.2. The Bertz CT molecular complexity index is 925. The lowest BCUT2D eigenvalue weighted by atomic mass is 9.37. The molecule has 5 heteroatoms. The van der Waals surface area contributed by atoms with Crippen molar-refractivity contribution in [3.63, 3.8) is 0 Å². The molecule has 1 saturated carbocycles. The van der Waals surface area contributed by atoms with Crippen LogP contribution in [0.5, 0.6) is 11.5 Å². The minimum atomic E-state index is -0.770. The number of phenols is 1. The molecule has 0 amide bonds. The largest absolute Gasteiger partial charge is 0.504 e. The predicted octanol–water partition coefficient (Wildman–Crippen LogP) is 2.20. The molecule has 1 N–H and O–H groups in total. The van der Waals surface area contributed by atoms with E-state index in [1.54, 1.807) is 20.1 Å². The number of carbonyl (C=O) groups is 1. The van der Waals surface area contributed by atoms with Gasteiger partial charge in [-0.2, -0.15) is 0 Å². The number of ether oxygens (including phenoxy) is 2. The van der Waals surface area contributed by atoms with Crippen LogP contribution in [-0.2, 0) is 21.4 Å². The number of methoxy groups -OCH3 is 1. The molecule has 1 aromatic rings. The van der Waals surface area contributed by atoms with E-state index in [1.165, 1.54) is 11.1 Å². The van der Waals surface area contributed by atoms with Gasteiger partial charge in [0.2, 0.25) is 0 Å². The molecule has 7 rings (SSSR count). The quantitative estimate of drug-likeness (QED) is 0.812. The number of fused-ring (bicyclic) bond motifs is 1. The number of phenolic OH excluding ortho intramolecular Hbond substituents is 1. The van der Waals surface area contributed by atoms with Gasteiger partial charge in [0, 0.05) is 24.1 Å². The second-order valence-electron chi connectivity index (χ2n) is 9.17. The smallest absolute Gasteiger partial charge is 0.165 e. The van der Waals surface area contributed by atoms with E-state index in [9.17, 15) is 9.90 Å². The minimum Gasteiger partial charge on any atom is -0.504 e. The second-order valence-corrected chi connectivity index (χ2v) is 9.17. The normalized spacial score (nSPS) is 45.5. The summed E-state index contributed by atoms with van der Waals surface area (Å²) in [6, 6.07) is 4.15. The zero-order valence-electron chi connectivity index (χ0n) is 16.0. The van der Waals surface area contributed by atoms with Gasteiger partial charge in [-0.1, -0.05) is 18.2 Å². The Labute approximate surface area is 158 Å². The Kier molecular flexibility index (Phi) is 2.74. The van der Waals surface area contributed by atoms with Gasteiger partial charge in [-0.15, -0.1) is 0 Å². The monoisotopic (exact) mass is 367 g/mol. The average molecular weight is 367 g/mol. The number of benzene rings is 1. The molecule has 2 spiro atoms. The van der Waals surface area contributed by atoms with Gasteiger partial charge >= 0.3 is 0 Å². The summed E-state index contributed by atoms with van der Waals surface area (Å²) in [6.45, 7) is 2.66. The highest BCUT2D eigenvalue weighted by Gasteiger charge is 2.79. The number of likely N-dealkylation sites (N-methyl/N-ethyl adjacent to an activating group) is 1. The van der Waals surface area contributed by atoms with Crippen LogP contribution in [0.25, 0.3) is 0 Å². The molecule has 1 aromatic carbocycles. The Hall–Kier alpha value is -1.85. The first-order valence-electron chi connectivity index (χ1n) is 9.89. The fourth-order valence-corrected chi connectivity index (χ4v) is 7.52. The van der Waals surface area contributed by atoms with Crippen molar-refractivity contribution in [2.45, 2.75) is 49.3 Å². The van der Waals surface area contributed by atoms with Gasteiger partial charge in [-0.25, -0.2) is 0 Å². The molecule has 2 fully saturated rings. The lowest BCUT2D eigenvalue weighted by Crippen LogP contribution is -2.79. The maximum Gasteiger partial charge on any atom is 0.165 e. The highest BCUT2D eigenvalue weighted by Crippen LogP contribution is 2.74. The summed E-state index contributed by atoms with van der Waals surface area (Å²) in [6.07, 6.45) is 6.85. The Morgan fingerprint density at radius 2 is 2.19 bits per heavy atom. The van der Waals surface area contributed by atoms with Gasteiger partial charge < -0.3 is 19.5 Å². The number of carbonyl (C=O) groups excluding carboxylic acids is 1. The summed E-state index contributed by atoms with van der Waals surface area (Å²) >= 11 is 0. The highest BCUT2D eigenvalue weighted by molar-refractivity contribution is 5.82. The van der Waals surface area contributed by atoms with E-state index in [2.05, 4.69) is 30.2 Å². The van der Waals surface area contributed by atoms with E-state index in [1.807, 2.05) is 0 Å². The minimum absolute atomic E-state index is 0.158. The van der Waals surface area contributed by atoms with Crippen molar-refractivity contribution in [2.75, 3.05) is 20.7 Å². The van der Waals surface area contributed by atoms with Crippen molar-refractivity contribution in [1.82, 2.24) is 4.90 Å². The maximum absolute atomic E-state index is 12.7. The first-order chi connectivity index (χ1) is 12.9. The Morgan fingerprint density at radius 1 is 1.37 bits per heavy atom. The van der Waals surface area contributed by atoms with Gasteiger partial charge in [0.15, 0.2) is 11.5 Å². The summed E-state index contributed by atoms with van der Waals surface area (Å²) in [5, 5.41) is 10.6. The number of rotatable bonds is 2. The van der Waals surface area contributed by atoms with Gasteiger partial charge in [-0.05, 0) is 51.4 Å². The number of ketones is 1. The topological polar surface area (TPSA) is 59.0 Å². The number of aromatic hydroxyl groups is 1. The summed E-state index contributed by atoms with van der Waals surface area (Å²) in [7, 11) is 3.89. The van der Waals surface area contributed by atoms with Crippen molar-refractivity contribution in [3.05, 3.63) is 35.4 Å². The molecular formula is C22H25NO4. The first kappa shape index (κ1) is 16.1. The molecular weight excluding hydrogens is 342 g/mol. The molecule has 142 valence electrons. The standard InChI is InChI=1S/C22H25NO4/c1-12(24)14-11-20-6-7-22(14,26-3)19-21(20)8-9-23(2)16(20)10-13-4-5-15(25)18(27-19)17(13)21/h4-7,14,16,19,25H,8-11H2,1-3H3/t14-,16?,19-,20?,21+,22?/m1/s1. The van der Waals surface area contributed by atoms with Gasteiger partial charge in [0.25, 0.3) is 0 Å². The highest BCUT2D eigenvalue weighted by atomic mass is 16.6. The van der Waals surface area contributed by atoms with Crippen LogP contribution >= 0.6 is 0 Å². The van der Waals surface area contributed by atoms with E-state index in [0.29, 0.717) is 11.8 Å². The lowest BCUT2D eigenvalue weighted by Gasteiger charge is -2.70. The van der Waals surface area contributed by atoms with Crippen molar-refractivity contribution < 1.29 is 19.4 Å². The summed E-state index contributed by atoms with van der Waals surface area (Å²) in [5.41, 5.74) is 1.30. The Morgan fingerprint density at radius 3 is 2.93 bits per heavy atom. The molecule has 4 aliphatic carbocycles. The number of likely N-dealkylation sites (tertiary alicyclic amines) is 1. The predicted molar refractivity (Wildman–Crippen MR) is 99.0 cm³/mol. The van der Waals surface area contributed by atoms with Crippen LogP contribution in [0.2, 0.25) is 0 Å². The van der Waals surface area contributed by atoms with Crippen molar-refractivity contribution >= 4 is 5.78 Å². The molecule has 5 nitrogen and oxygen atoms in total. The van der Waals surface area contributed by atoms with E-state index in [4.69, 9.17) is 9.47 Å². The van der Waals surface area contributed by atoms with Crippen LogP contribution in [0.15, 0.2) is 24.3 Å². The first-order valence-corrected chi connectivity index (χ1v) is 9.89. The fourth-order valence-electron chi connectivity index (χ4n) is 7.52. The zero-order chi connectivity index (χ0) is 18.8. The molecule has 6 aliphatic rings. The Balaban J connectivity index is 1.73. The van der Waals surface area contributed by atoms with Crippen molar-refractivity contribution in [3.8, 4) is 11.5 Å². The molecule has 2 aliphatic heterocycles. The van der Waals surface area contributed by atoms with Crippen molar-refractivity contribution in [2.24, 2.45) is 11.3 Å². The van der Waals surface area contributed by atoms with Crippen LogP contribution in [0, 0.1) is 11.3 Å². The van der Waals surface area contributed by atoms with Crippen molar-refractivity contribution in [1.29, 1.82) is 0 Å². The van der Waals surface area contributed by atoms with E-state index >= 15 is 0 Å². The third kappa shape index (κ3) is 1.43. The summed E-state index contributed by atoms with van der Waals surface area (Å²) in [5.74, 6) is 0.762. The SMILES string of the molecule is COC12C=CC3(C[C@@H]1C(C)=O)C1Cc4ccc(O)c5c4[C@@]3(CCN1C)[C@H]2O5. The number of hydrogen-bond acceptors (Lipinski definition) is 5. The average Bonchev–Trinajstić information content (AvgIpc) is 3.03. The van der Waals surface area contributed by atoms with Gasteiger partial charge in [-0.3, -0.25) is 4.79 Å². The molecule has 0 radical (unpaired) electrons. The third-order valence-corrected chi connectivity index (χ3v) is 8.56. The van der Waals surface area contributed by atoms with Gasteiger partial charge in [0.05, 0.1) is 11.3 Å². The maximum atomic E-state index is 12.7. The van der Waals surface area contributed by atoms with Crippen LogP contribution in [0.1, 0.15) is 30.9 Å². The molecule has 3 unspecified atom stereocenters. The van der Waals surface area contributed by atoms with Crippen LogP contribution < -0.4 is 4.74 Å². The fraction of sp³-hybridized carbons (Fsp3) is 0.591. The third-order valence-electron chi connectivity index (χ3n) is 8.56. The van der Waals surface area contributed by atoms with E-state index < -0.39 is 5.60 Å². The van der Waals surface area contributed by atoms with Crippen LogP contribution in [-0.4, -0.2) is 54.2 Å². The molecule has 27 heavy (non-hydrogen) atoms. The van der Waals surface area contributed by atoms with Gasteiger partial charge in [0.1, 0.15) is 17.5 Å². The van der Waals surface area contributed by atoms with E-state index in [0.717, 1.165) is 25.8 Å². The molecule has 1 saturated heterocycles. The molecule has 2 heterocycles. The molecule has 0 aromatic heterocycles. The number of hydrogen-bond donors (Lipinski definition) is 1. The van der Waals surface area contributed by atoms with Crippen LogP contribution in [0.3, 0.4) is 0 Å². The second kappa shape index (κ2) is 4.58. The number of nitrogens with zero attached hydrogens (tertiary/aromatic N) is 1.